The van der Waals surface area contributed by atoms with Crippen molar-refractivity contribution >= 4 is 5.91 Å². The molecule has 2 atom stereocenters. The SMILES string of the molecule is COc1ccccc1-n1nccc1[C@H]1OCC[C@@H]1C(=O)NCCc1c(C)noc1C. The van der Waals surface area contributed by atoms with Crippen molar-refractivity contribution in [2.45, 2.75) is 32.8 Å². The van der Waals surface area contributed by atoms with Gasteiger partial charge in [-0.1, -0.05) is 17.3 Å². The number of hydrogen-bond donors (Lipinski definition) is 1. The van der Waals surface area contributed by atoms with E-state index >= 15 is 0 Å². The van der Waals surface area contributed by atoms with Gasteiger partial charge in [0, 0.05) is 24.9 Å². The smallest absolute Gasteiger partial charge is 0.226 e. The zero-order chi connectivity index (χ0) is 21.1. The maximum Gasteiger partial charge on any atom is 0.226 e. The number of rotatable bonds is 7. The highest BCUT2D eigenvalue weighted by Crippen LogP contribution is 2.36. The molecule has 1 aromatic carbocycles. The number of methoxy groups -OCH3 is 1. The van der Waals surface area contributed by atoms with E-state index in [0.717, 1.165) is 28.4 Å². The van der Waals surface area contributed by atoms with Crippen molar-refractivity contribution in [3.05, 3.63) is 59.2 Å². The molecule has 3 heterocycles. The quantitative estimate of drug-likeness (QED) is 0.644. The molecule has 0 radical (unpaired) electrons. The van der Waals surface area contributed by atoms with E-state index in [4.69, 9.17) is 14.0 Å². The van der Waals surface area contributed by atoms with Gasteiger partial charge in [-0.25, -0.2) is 4.68 Å². The zero-order valence-corrected chi connectivity index (χ0v) is 17.4. The number of benzene rings is 1. The topological polar surface area (TPSA) is 91.4 Å². The van der Waals surface area contributed by atoms with E-state index in [9.17, 15) is 4.79 Å². The monoisotopic (exact) mass is 410 g/mol. The summed E-state index contributed by atoms with van der Waals surface area (Å²) in [6.45, 7) is 4.85. The van der Waals surface area contributed by atoms with E-state index in [1.54, 1.807) is 18.0 Å². The molecule has 0 saturated carbocycles. The number of carbonyl (C=O) groups excluding carboxylic acids is 1. The van der Waals surface area contributed by atoms with Crippen LogP contribution in [-0.4, -0.2) is 41.1 Å². The molecule has 158 valence electrons. The van der Waals surface area contributed by atoms with Gasteiger partial charge >= 0.3 is 0 Å². The molecule has 3 aromatic rings. The van der Waals surface area contributed by atoms with Crippen molar-refractivity contribution in [3.63, 3.8) is 0 Å². The predicted molar refractivity (Wildman–Crippen MR) is 110 cm³/mol. The van der Waals surface area contributed by atoms with Gasteiger partial charge < -0.3 is 19.3 Å². The van der Waals surface area contributed by atoms with Crippen LogP contribution in [-0.2, 0) is 16.0 Å². The Morgan fingerprint density at radius 2 is 2.13 bits per heavy atom. The van der Waals surface area contributed by atoms with Crippen LogP contribution in [0.15, 0.2) is 41.1 Å². The van der Waals surface area contributed by atoms with Gasteiger partial charge in [0.05, 0.1) is 24.4 Å². The Morgan fingerprint density at radius 3 is 2.90 bits per heavy atom. The van der Waals surface area contributed by atoms with Gasteiger partial charge in [0.1, 0.15) is 23.3 Å². The van der Waals surface area contributed by atoms with Crippen LogP contribution in [0.25, 0.3) is 5.69 Å². The highest BCUT2D eigenvalue weighted by Gasteiger charge is 2.37. The van der Waals surface area contributed by atoms with Crippen molar-refractivity contribution in [1.29, 1.82) is 0 Å². The molecule has 1 N–H and O–H groups in total. The number of hydrogen-bond acceptors (Lipinski definition) is 6. The minimum absolute atomic E-state index is 0.0166. The van der Waals surface area contributed by atoms with Crippen molar-refractivity contribution in [1.82, 2.24) is 20.3 Å². The van der Waals surface area contributed by atoms with Crippen LogP contribution in [0.3, 0.4) is 0 Å². The lowest BCUT2D eigenvalue weighted by Crippen LogP contribution is -2.34. The summed E-state index contributed by atoms with van der Waals surface area (Å²) in [5, 5.41) is 11.5. The summed E-state index contributed by atoms with van der Waals surface area (Å²) in [7, 11) is 1.63. The van der Waals surface area contributed by atoms with E-state index in [-0.39, 0.29) is 17.9 Å². The summed E-state index contributed by atoms with van der Waals surface area (Å²) in [4.78, 5) is 12.9. The van der Waals surface area contributed by atoms with Gasteiger partial charge in [0.2, 0.25) is 5.91 Å². The molecule has 1 saturated heterocycles. The van der Waals surface area contributed by atoms with E-state index in [2.05, 4.69) is 15.6 Å². The average Bonchev–Trinajstić information content (AvgIpc) is 3.49. The van der Waals surface area contributed by atoms with E-state index in [1.807, 2.05) is 44.2 Å². The summed E-state index contributed by atoms with van der Waals surface area (Å²) in [5.74, 6) is 1.21. The lowest BCUT2D eigenvalue weighted by atomic mass is 9.97. The third-order valence-electron chi connectivity index (χ3n) is 5.56. The van der Waals surface area contributed by atoms with Gasteiger partial charge in [-0.05, 0) is 44.9 Å². The highest BCUT2D eigenvalue weighted by molar-refractivity contribution is 5.79. The van der Waals surface area contributed by atoms with Gasteiger partial charge in [-0.3, -0.25) is 4.79 Å². The number of nitrogens with one attached hydrogen (secondary N) is 1. The Kier molecular flexibility index (Phi) is 5.85. The molecule has 0 aliphatic carbocycles. The fourth-order valence-electron chi connectivity index (χ4n) is 3.99. The standard InChI is InChI=1S/C22H26N4O4/c1-14-16(15(2)30-25-14)8-11-23-22(27)17-10-13-29-21(17)19-9-12-24-26(19)18-6-4-5-7-20(18)28-3/h4-7,9,12,17,21H,8,10-11,13H2,1-3H3,(H,23,27)/t17-,21-/m0/s1. The maximum atomic E-state index is 12.9. The molecule has 1 aliphatic rings. The summed E-state index contributed by atoms with van der Waals surface area (Å²) < 4.78 is 18.4. The Balaban J connectivity index is 1.48. The third-order valence-corrected chi connectivity index (χ3v) is 5.56. The van der Waals surface area contributed by atoms with E-state index in [0.29, 0.717) is 31.7 Å². The number of nitrogens with zero attached hydrogens (tertiary/aromatic N) is 3. The largest absolute Gasteiger partial charge is 0.494 e. The normalized spacial score (nSPS) is 18.5. The first-order valence-electron chi connectivity index (χ1n) is 10.1. The number of ether oxygens (including phenoxy) is 2. The van der Waals surface area contributed by atoms with Gasteiger partial charge in [-0.15, -0.1) is 0 Å². The Labute approximate surface area is 175 Å². The number of carbonyl (C=O) groups is 1. The number of amides is 1. The van der Waals surface area contributed by atoms with Gasteiger partial charge in [0.15, 0.2) is 0 Å². The second-order valence-electron chi connectivity index (χ2n) is 7.37. The van der Waals surface area contributed by atoms with Gasteiger partial charge in [-0.2, -0.15) is 5.10 Å². The molecule has 0 unspecified atom stereocenters. The molecule has 0 spiro atoms. The van der Waals surface area contributed by atoms with Crippen molar-refractivity contribution in [3.8, 4) is 11.4 Å². The molecule has 1 aliphatic heterocycles. The summed E-state index contributed by atoms with van der Waals surface area (Å²) in [5.41, 5.74) is 3.56. The fourth-order valence-corrected chi connectivity index (χ4v) is 3.99. The highest BCUT2D eigenvalue weighted by atomic mass is 16.5. The van der Waals surface area contributed by atoms with Crippen molar-refractivity contribution in [2.24, 2.45) is 5.92 Å². The lowest BCUT2D eigenvalue weighted by molar-refractivity contribution is -0.126. The molecule has 1 fully saturated rings. The molecule has 8 nitrogen and oxygen atoms in total. The first kappa shape index (κ1) is 20.2. The molecule has 1 amide bonds. The molecule has 2 aromatic heterocycles. The fraction of sp³-hybridized carbons (Fsp3) is 0.409. The minimum Gasteiger partial charge on any atom is -0.494 e. The molecule has 30 heavy (non-hydrogen) atoms. The second-order valence-corrected chi connectivity index (χ2v) is 7.37. The summed E-state index contributed by atoms with van der Waals surface area (Å²) >= 11 is 0. The molecule has 4 rings (SSSR count). The Bertz CT molecular complexity index is 1010. The van der Waals surface area contributed by atoms with Crippen LogP contribution in [0.1, 0.15) is 35.2 Å². The number of aryl methyl sites for hydroxylation is 2. The lowest BCUT2D eigenvalue weighted by Gasteiger charge is -2.20. The van der Waals surface area contributed by atoms with Crippen LogP contribution in [0.5, 0.6) is 5.75 Å². The van der Waals surface area contributed by atoms with Crippen LogP contribution < -0.4 is 10.1 Å². The molecule has 8 heteroatoms. The van der Waals surface area contributed by atoms with Crippen LogP contribution in [0.2, 0.25) is 0 Å². The maximum absolute atomic E-state index is 12.9. The predicted octanol–water partition coefficient (Wildman–Crippen LogP) is 2.92. The Hall–Kier alpha value is -3.13. The Morgan fingerprint density at radius 1 is 1.30 bits per heavy atom. The van der Waals surface area contributed by atoms with Gasteiger partial charge in [0.25, 0.3) is 0 Å². The minimum atomic E-state index is -0.364. The average molecular weight is 410 g/mol. The third kappa shape index (κ3) is 3.82. The van der Waals surface area contributed by atoms with Crippen LogP contribution >= 0.6 is 0 Å². The first-order chi connectivity index (χ1) is 14.6. The molecular formula is C22H26N4O4. The van der Waals surface area contributed by atoms with E-state index < -0.39 is 0 Å². The second kappa shape index (κ2) is 8.71. The first-order valence-corrected chi connectivity index (χ1v) is 10.1. The number of aromatic nitrogens is 3. The van der Waals surface area contributed by atoms with Crippen molar-refractivity contribution < 1.29 is 18.8 Å². The van der Waals surface area contributed by atoms with E-state index in [1.165, 1.54) is 0 Å². The summed E-state index contributed by atoms with van der Waals surface area (Å²) in [6, 6.07) is 9.55. The molecular weight excluding hydrogens is 384 g/mol. The number of para-hydroxylation sites is 2. The van der Waals surface area contributed by atoms with Crippen LogP contribution in [0.4, 0.5) is 0 Å². The summed E-state index contributed by atoms with van der Waals surface area (Å²) in [6.07, 6.45) is 2.70. The molecule has 0 bridgehead atoms. The van der Waals surface area contributed by atoms with Crippen LogP contribution in [0, 0.1) is 19.8 Å². The zero-order valence-electron chi connectivity index (χ0n) is 17.4. The van der Waals surface area contributed by atoms with Crippen molar-refractivity contribution in [2.75, 3.05) is 20.3 Å².